The summed E-state index contributed by atoms with van der Waals surface area (Å²) >= 11 is 0. The van der Waals surface area contributed by atoms with E-state index in [0.29, 0.717) is 0 Å². The van der Waals surface area contributed by atoms with E-state index in [1.54, 1.807) is 12.1 Å². The van der Waals surface area contributed by atoms with E-state index in [-0.39, 0.29) is 17.6 Å². The summed E-state index contributed by atoms with van der Waals surface area (Å²) < 4.78 is 10.1. The Morgan fingerprint density at radius 2 is 1.96 bits per heavy atom. The van der Waals surface area contributed by atoms with Crippen molar-refractivity contribution in [2.45, 2.75) is 0 Å². The van der Waals surface area contributed by atoms with Crippen molar-refractivity contribution in [1.29, 1.82) is 0 Å². The van der Waals surface area contributed by atoms with E-state index < -0.39 is 18.5 Å². The van der Waals surface area contributed by atoms with Crippen molar-refractivity contribution in [3.63, 3.8) is 0 Å². The average molecular weight is 325 g/mol. The van der Waals surface area contributed by atoms with Crippen molar-refractivity contribution in [2.75, 3.05) is 11.9 Å². The molecule has 120 valence electrons. The predicted octanol–water partition coefficient (Wildman–Crippen LogP) is 1.32. The number of rotatable bonds is 5. The maximum absolute atomic E-state index is 11.7. The van der Waals surface area contributed by atoms with Crippen molar-refractivity contribution in [2.24, 2.45) is 0 Å². The van der Waals surface area contributed by atoms with Crippen molar-refractivity contribution in [3.8, 4) is 11.5 Å². The second kappa shape index (κ2) is 7.09. The maximum Gasteiger partial charge on any atom is 0.359 e. The number of anilines is 1. The summed E-state index contributed by atoms with van der Waals surface area (Å²) in [4.78, 5) is 30.9. The second-order valence-electron chi connectivity index (χ2n) is 4.49. The summed E-state index contributed by atoms with van der Waals surface area (Å²) in [5.41, 5.74) is 0.731. The van der Waals surface area contributed by atoms with Gasteiger partial charge in [-0.2, -0.15) is 0 Å². The second-order valence-corrected chi connectivity index (χ2v) is 4.49. The van der Waals surface area contributed by atoms with Crippen LogP contribution < -0.4 is 5.32 Å². The van der Waals surface area contributed by atoms with Gasteiger partial charge in [0.2, 0.25) is 5.89 Å². The number of hydrogen-bond acceptors (Lipinski definition) is 8. The molecular weight excluding hydrogens is 314 g/mol. The smallest absolute Gasteiger partial charge is 0.359 e. The van der Waals surface area contributed by atoms with Gasteiger partial charge in [-0.15, -0.1) is 5.10 Å². The van der Waals surface area contributed by atoms with Crippen LogP contribution >= 0.6 is 0 Å². The molecule has 3 rings (SSSR count). The molecule has 1 amide bonds. The number of amides is 1. The molecule has 1 aromatic carbocycles. The number of benzene rings is 1. The van der Waals surface area contributed by atoms with E-state index in [9.17, 15) is 9.59 Å². The molecule has 9 nitrogen and oxygen atoms in total. The first-order valence-corrected chi connectivity index (χ1v) is 6.84. The Morgan fingerprint density at radius 1 is 1.12 bits per heavy atom. The Labute approximate surface area is 135 Å². The number of carbonyl (C=O) groups excluding carboxylic acids is 2. The summed E-state index contributed by atoms with van der Waals surface area (Å²) in [6.07, 6.45) is 4.01. The molecular formula is C15H11N5O4. The van der Waals surface area contributed by atoms with Gasteiger partial charge in [-0.25, -0.2) is 9.78 Å². The van der Waals surface area contributed by atoms with Crippen LogP contribution in [0.15, 0.2) is 53.3 Å². The van der Waals surface area contributed by atoms with Gasteiger partial charge in [-0.3, -0.25) is 15.1 Å². The van der Waals surface area contributed by atoms with Gasteiger partial charge < -0.3 is 9.15 Å². The largest absolute Gasteiger partial charge is 0.451 e. The van der Waals surface area contributed by atoms with Crippen LogP contribution in [0.25, 0.3) is 11.5 Å². The van der Waals surface area contributed by atoms with E-state index in [0.717, 1.165) is 5.56 Å². The van der Waals surface area contributed by atoms with Crippen LogP contribution in [0.5, 0.6) is 0 Å². The summed E-state index contributed by atoms with van der Waals surface area (Å²) in [7, 11) is 0. The zero-order chi connectivity index (χ0) is 16.8. The quantitative estimate of drug-likeness (QED) is 0.697. The third-order valence-corrected chi connectivity index (χ3v) is 2.80. The van der Waals surface area contributed by atoms with Crippen LogP contribution in [0.3, 0.4) is 0 Å². The fraction of sp³-hybridized carbons (Fsp3) is 0.0667. The normalized spacial score (nSPS) is 10.2. The van der Waals surface area contributed by atoms with Crippen molar-refractivity contribution in [3.05, 3.63) is 54.6 Å². The molecule has 0 saturated carbocycles. The lowest BCUT2D eigenvalue weighted by Gasteiger charge is -2.02. The van der Waals surface area contributed by atoms with E-state index in [1.165, 1.54) is 18.6 Å². The van der Waals surface area contributed by atoms with E-state index in [2.05, 4.69) is 25.5 Å². The van der Waals surface area contributed by atoms with Gasteiger partial charge >= 0.3 is 12.0 Å². The summed E-state index contributed by atoms with van der Waals surface area (Å²) in [5.74, 6) is -1.10. The first-order chi connectivity index (χ1) is 11.7. The van der Waals surface area contributed by atoms with Gasteiger partial charge in [-0.05, 0) is 12.1 Å². The van der Waals surface area contributed by atoms with E-state index in [1.807, 2.05) is 18.2 Å². The Hall–Kier alpha value is -3.62. The Morgan fingerprint density at radius 3 is 2.71 bits per heavy atom. The molecule has 0 spiro atoms. The fourth-order valence-corrected chi connectivity index (χ4v) is 1.74. The van der Waals surface area contributed by atoms with Gasteiger partial charge in [0.25, 0.3) is 5.91 Å². The Balaban J connectivity index is 1.54. The van der Waals surface area contributed by atoms with Crippen LogP contribution in [0.2, 0.25) is 0 Å². The molecule has 0 aliphatic rings. The lowest BCUT2D eigenvalue weighted by Crippen LogP contribution is -2.21. The number of nitrogens with one attached hydrogen (secondary N) is 1. The number of nitrogens with zero attached hydrogens (tertiary/aromatic N) is 4. The highest BCUT2D eigenvalue weighted by Gasteiger charge is 2.14. The first kappa shape index (κ1) is 15.3. The zero-order valence-electron chi connectivity index (χ0n) is 12.2. The van der Waals surface area contributed by atoms with Gasteiger partial charge in [0, 0.05) is 18.0 Å². The highest BCUT2D eigenvalue weighted by Crippen LogP contribution is 2.18. The highest BCUT2D eigenvalue weighted by atomic mass is 16.5. The molecule has 0 aliphatic carbocycles. The van der Waals surface area contributed by atoms with Crippen LogP contribution in [-0.4, -0.2) is 38.6 Å². The minimum absolute atomic E-state index is 0.00875. The number of carbonyl (C=O) groups is 2. The lowest BCUT2D eigenvalue weighted by molar-refractivity contribution is -0.119. The number of aromatic nitrogens is 4. The Kier molecular flexibility index (Phi) is 4.52. The maximum atomic E-state index is 11.7. The third-order valence-electron chi connectivity index (χ3n) is 2.80. The average Bonchev–Trinajstić information content (AvgIpc) is 3.09. The molecule has 24 heavy (non-hydrogen) atoms. The monoisotopic (exact) mass is 325 g/mol. The molecule has 1 N–H and O–H groups in total. The summed E-state index contributed by atoms with van der Waals surface area (Å²) in [6, 6.07) is 9.00. The molecule has 0 aliphatic heterocycles. The molecule has 0 unspecified atom stereocenters. The molecule has 0 fully saturated rings. The molecule has 2 aromatic heterocycles. The van der Waals surface area contributed by atoms with Crippen molar-refractivity contribution in [1.82, 2.24) is 20.2 Å². The van der Waals surface area contributed by atoms with Gasteiger partial charge in [0.15, 0.2) is 12.3 Å². The topological polar surface area (TPSA) is 120 Å². The lowest BCUT2D eigenvalue weighted by atomic mass is 10.2. The van der Waals surface area contributed by atoms with Crippen LogP contribution in [-0.2, 0) is 9.53 Å². The molecule has 0 radical (unpaired) electrons. The molecule has 0 saturated heterocycles. The standard InChI is InChI=1S/C15H11N5O4/c21-12(9-23-14(22)11-8-16-6-7-17-11)18-15-20-19-13(24-15)10-4-2-1-3-5-10/h1-8H,9H2,(H,18,20,21). The van der Waals surface area contributed by atoms with Crippen LogP contribution in [0, 0.1) is 0 Å². The minimum atomic E-state index is -0.756. The van der Waals surface area contributed by atoms with Crippen LogP contribution in [0.1, 0.15) is 10.5 Å². The minimum Gasteiger partial charge on any atom is -0.451 e. The van der Waals surface area contributed by atoms with Crippen LogP contribution in [0.4, 0.5) is 6.01 Å². The zero-order valence-corrected chi connectivity index (χ0v) is 12.2. The first-order valence-electron chi connectivity index (χ1n) is 6.84. The highest BCUT2D eigenvalue weighted by molar-refractivity contribution is 5.93. The molecule has 3 aromatic rings. The molecule has 0 atom stereocenters. The molecule has 9 heteroatoms. The van der Waals surface area contributed by atoms with Gasteiger partial charge in [0.05, 0.1) is 6.20 Å². The third kappa shape index (κ3) is 3.77. The van der Waals surface area contributed by atoms with Crippen molar-refractivity contribution >= 4 is 17.9 Å². The van der Waals surface area contributed by atoms with E-state index in [4.69, 9.17) is 9.15 Å². The molecule has 0 bridgehead atoms. The SMILES string of the molecule is O=C(COC(=O)c1cnccn1)Nc1nnc(-c2ccccc2)o1. The summed E-state index contributed by atoms with van der Waals surface area (Å²) in [6.45, 7) is -0.515. The fourth-order valence-electron chi connectivity index (χ4n) is 1.74. The van der Waals surface area contributed by atoms with E-state index >= 15 is 0 Å². The van der Waals surface area contributed by atoms with Crippen molar-refractivity contribution < 1.29 is 18.7 Å². The number of ether oxygens (including phenoxy) is 1. The predicted molar refractivity (Wildman–Crippen MR) is 80.7 cm³/mol. The molecule has 2 heterocycles. The Bertz CT molecular complexity index is 835. The number of esters is 1. The van der Waals surface area contributed by atoms with Gasteiger partial charge in [0.1, 0.15) is 0 Å². The van der Waals surface area contributed by atoms with Gasteiger partial charge in [-0.1, -0.05) is 23.3 Å². The number of hydrogen-bond donors (Lipinski definition) is 1. The summed E-state index contributed by atoms with van der Waals surface area (Å²) in [5, 5.41) is 9.88.